The van der Waals surface area contributed by atoms with Gasteiger partial charge in [0, 0.05) is 31.2 Å². The van der Waals surface area contributed by atoms with E-state index in [-0.39, 0.29) is 0 Å². The average molecular weight is 385 g/mol. The molecule has 0 atom stereocenters. The van der Waals surface area contributed by atoms with E-state index in [9.17, 15) is 8.42 Å². The molecule has 1 heterocycles. The number of piperazine rings is 1. The van der Waals surface area contributed by atoms with Gasteiger partial charge in [-0.1, -0.05) is 11.6 Å². The molecule has 6 nitrogen and oxygen atoms in total. The highest BCUT2D eigenvalue weighted by molar-refractivity contribution is 9.10. The molecule has 0 amide bonds. The van der Waals surface area contributed by atoms with E-state index >= 15 is 0 Å². The maximum absolute atomic E-state index is 12.3. The zero-order valence-electron chi connectivity index (χ0n) is 10.8. The fourth-order valence-electron chi connectivity index (χ4n) is 1.93. The average Bonchev–Trinajstić information content (AvgIpc) is 2.39. The second-order valence-corrected chi connectivity index (χ2v) is 7.19. The van der Waals surface area contributed by atoms with Crippen LogP contribution >= 0.6 is 27.5 Å². The van der Waals surface area contributed by atoms with Gasteiger partial charge in [-0.25, -0.2) is 0 Å². The molecule has 0 aliphatic carbocycles. The van der Waals surface area contributed by atoms with Crippen LogP contribution in [0.4, 0.5) is 5.69 Å². The van der Waals surface area contributed by atoms with Crippen LogP contribution in [-0.2, 0) is 10.2 Å². The number of benzene rings is 1. The van der Waals surface area contributed by atoms with E-state index in [1.165, 1.54) is 17.5 Å². The van der Waals surface area contributed by atoms with Crippen molar-refractivity contribution >= 4 is 43.4 Å². The highest BCUT2D eigenvalue weighted by Crippen LogP contribution is 2.37. The zero-order chi connectivity index (χ0) is 14.8. The van der Waals surface area contributed by atoms with E-state index in [2.05, 4.69) is 26.0 Å². The van der Waals surface area contributed by atoms with Crippen molar-refractivity contribution in [2.45, 2.75) is 0 Å². The van der Waals surface area contributed by atoms with Gasteiger partial charge in [0.25, 0.3) is 0 Å². The van der Waals surface area contributed by atoms with E-state index < -0.39 is 10.2 Å². The van der Waals surface area contributed by atoms with Gasteiger partial charge in [-0.3, -0.25) is 4.72 Å². The molecule has 2 N–H and O–H groups in total. The van der Waals surface area contributed by atoms with Gasteiger partial charge in [0.2, 0.25) is 0 Å². The predicted octanol–water partition coefficient (Wildman–Crippen LogP) is 1.67. The molecular weight excluding hydrogens is 370 g/mol. The minimum absolute atomic E-state index is 0.311. The first-order valence-corrected chi connectivity index (χ1v) is 8.57. The third-order valence-electron chi connectivity index (χ3n) is 2.87. The lowest BCUT2D eigenvalue weighted by molar-refractivity contribution is 0.362. The minimum atomic E-state index is -3.62. The Labute approximate surface area is 131 Å². The summed E-state index contributed by atoms with van der Waals surface area (Å²) < 4.78 is 34.3. The molecule has 112 valence electrons. The molecule has 0 radical (unpaired) electrons. The first kappa shape index (κ1) is 15.8. The number of halogens is 2. The van der Waals surface area contributed by atoms with Gasteiger partial charge in [-0.15, -0.1) is 0 Å². The van der Waals surface area contributed by atoms with Gasteiger partial charge in [0.15, 0.2) is 5.75 Å². The van der Waals surface area contributed by atoms with Crippen molar-refractivity contribution in [3.05, 3.63) is 21.6 Å². The van der Waals surface area contributed by atoms with Gasteiger partial charge in [-0.2, -0.15) is 12.7 Å². The van der Waals surface area contributed by atoms with Crippen molar-refractivity contribution in [2.75, 3.05) is 38.0 Å². The Morgan fingerprint density at radius 2 is 2.05 bits per heavy atom. The van der Waals surface area contributed by atoms with E-state index in [0.29, 0.717) is 47.1 Å². The normalized spacial score (nSPS) is 16.9. The standard InChI is InChI=1S/C11H15BrClN3O3S/c1-19-11-9(12)6-8(13)7-10(11)15-20(17,18)16-4-2-14-3-5-16/h6-7,14-15H,2-5H2,1H3. The Balaban J connectivity index is 2.28. The van der Waals surface area contributed by atoms with Crippen molar-refractivity contribution in [1.82, 2.24) is 9.62 Å². The van der Waals surface area contributed by atoms with Crippen LogP contribution in [0.15, 0.2) is 16.6 Å². The van der Waals surface area contributed by atoms with E-state index in [1.54, 1.807) is 6.07 Å². The second kappa shape index (κ2) is 6.48. The van der Waals surface area contributed by atoms with E-state index in [4.69, 9.17) is 16.3 Å². The number of rotatable bonds is 4. The largest absolute Gasteiger partial charge is 0.493 e. The third-order valence-corrected chi connectivity index (χ3v) is 5.20. The summed E-state index contributed by atoms with van der Waals surface area (Å²) in [5.41, 5.74) is 0.311. The summed E-state index contributed by atoms with van der Waals surface area (Å²) in [4.78, 5) is 0. The summed E-state index contributed by atoms with van der Waals surface area (Å²) in [6, 6.07) is 3.16. The van der Waals surface area contributed by atoms with Crippen LogP contribution in [-0.4, -0.2) is 46.0 Å². The molecule has 1 aromatic carbocycles. The summed E-state index contributed by atoms with van der Waals surface area (Å²) >= 11 is 9.24. The number of hydrogen-bond acceptors (Lipinski definition) is 4. The lowest BCUT2D eigenvalue weighted by Gasteiger charge is -2.27. The third kappa shape index (κ3) is 3.56. The monoisotopic (exact) mass is 383 g/mol. The molecule has 1 aliphatic heterocycles. The van der Waals surface area contributed by atoms with Crippen LogP contribution in [0, 0.1) is 0 Å². The smallest absolute Gasteiger partial charge is 0.301 e. The van der Waals surface area contributed by atoms with Gasteiger partial charge >= 0.3 is 10.2 Å². The molecule has 9 heteroatoms. The Bertz CT molecular complexity index is 591. The summed E-state index contributed by atoms with van der Waals surface area (Å²) in [5.74, 6) is 0.396. The number of anilines is 1. The molecule has 1 saturated heterocycles. The number of nitrogens with one attached hydrogen (secondary N) is 2. The van der Waals surface area contributed by atoms with E-state index in [1.807, 2.05) is 0 Å². The molecule has 0 aromatic heterocycles. The highest BCUT2D eigenvalue weighted by Gasteiger charge is 2.25. The number of methoxy groups -OCH3 is 1. The Morgan fingerprint density at radius 1 is 1.40 bits per heavy atom. The molecule has 1 aliphatic rings. The summed E-state index contributed by atoms with van der Waals surface area (Å²) in [5, 5.41) is 3.52. The molecule has 1 fully saturated rings. The van der Waals surface area contributed by atoms with Crippen molar-refractivity contribution in [2.24, 2.45) is 0 Å². The maximum atomic E-state index is 12.3. The van der Waals surface area contributed by atoms with E-state index in [0.717, 1.165) is 0 Å². The quantitative estimate of drug-likeness (QED) is 0.828. The van der Waals surface area contributed by atoms with Gasteiger partial charge in [0.1, 0.15) is 0 Å². The highest BCUT2D eigenvalue weighted by atomic mass is 79.9. The molecular formula is C11H15BrClN3O3S. The first-order chi connectivity index (χ1) is 9.44. The van der Waals surface area contributed by atoms with Crippen molar-refractivity contribution in [1.29, 1.82) is 0 Å². The molecule has 0 spiro atoms. The van der Waals surface area contributed by atoms with Crippen LogP contribution < -0.4 is 14.8 Å². The molecule has 1 aromatic rings. The van der Waals surface area contributed by atoms with Crippen LogP contribution in [0.3, 0.4) is 0 Å². The predicted molar refractivity (Wildman–Crippen MR) is 82.7 cm³/mol. The molecule has 20 heavy (non-hydrogen) atoms. The van der Waals surface area contributed by atoms with Gasteiger partial charge in [-0.05, 0) is 28.1 Å². The SMILES string of the molecule is COc1c(Br)cc(Cl)cc1NS(=O)(=O)N1CCNCC1. The Morgan fingerprint density at radius 3 is 2.65 bits per heavy atom. The lowest BCUT2D eigenvalue weighted by atomic mass is 10.3. The van der Waals surface area contributed by atoms with Crippen LogP contribution in [0.25, 0.3) is 0 Å². The molecule has 0 saturated carbocycles. The van der Waals surface area contributed by atoms with Crippen LogP contribution in [0.2, 0.25) is 5.02 Å². The molecule has 2 rings (SSSR count). The van der Waals surface area contributed by atoms with Gasteiger partial charge in [0.05, 0.1) is 17.3 Å². The maximum Gasteiger partial charge on any atom is 0.301 e. The minimum Gasteiger partial charge on any atom is -0.493 e. The number of nitrogens with zero attached hydrogens (tertiary/aromatic N) is 1. The van der Waals surface area contributed by atoms with Gasteiger partial charge < -0.3 is 10.1 Å². The fraction of sp³-hybridized carbons (Fsp3) is 0.455. The first-order valence-electron chi connectivity index (χ1n) is 5.95. The topological polar surface area (TPSA) is 70.7 Å². The van der Waals surface area contributed by atoms with Crippen molar-refractivity contribution < 1.29 is 13.2 Å². The number of hydrogen-bond donors (Lipinski definition) is 2. The lowest BCUT2D eigenvalue weighted by Crippen LogP contribution is -2.48. The fourth-order valence-corrected chi connectivity index (χ4v) is 4.13. The summed E-state index contributed by atoms with van der Waals surface area (Å²) in [6.45, 7) is 2.13. The Hall–Kier alpha value is -0.540. The molecule has 0 bridgehead atoms. The second-order valence-electron chi connectivity index (χ2n) is 4.22. The summed E-state index contributed by atoms with van der Waals surface area (Å²) in [6.07, 6.45) is 0. The zero-order valence-corrected chi connectivity index (χ0v) is 14.0. The van der Waals surface area contributed by atoms with Crippen LogP contribution in [0.1, 0.15) is 0 Å². The number of ether oxygens (including phenoxy) is 1. The Kier molecular flexibility index (Phi) is 5.14. The molecule has 0 unspecified atom stereocenters. The summed E-state index contributed by atoms with van der Waals surface area (Å²) in [7, 11) is -2.15. The van der Waals surface area contributed by atoms with Crippen molar-refractivity contribution in [3.8, 4) is 5.75 Å². The van der Waals surface area contributed by atoms with Crippen molar-refractivity contribution in [3.63, 3.8) is 0 Å². The van der Waals surface area contributed by atoms with Crippen LogP contribution in [0.5, 0.6) is 5.75 Å².